The van der Waals surface area contributed by atoms with Gasteiger partial charge in [-0.3, -0.25) is 0 Å². The molecule has 0 radical (unpaired) electrons. The molecule has 2 N–H and O–H groups in total. The number of anilines is 1. The van der Waals surface area contributed by atoms with Crippen LogP contribution in [-0.2, 0) is 4.74 Å². The van der Waals surface area contributed by atoms with Gasteiger partial charge in [0.15, 0.2) is 0 Å². The van der Waals surface area contributed by atoms with E-state index < -0.39 is 12.5 Å². The van der Waals surface area contributed by atoms with Crippen LogP contribution in [0.15, 0.2) is 12.4 Å². The van der Waals surface area contributed by atoms with Gasteiger partial charge in [0.1, 0.15) is 6.10 Å². The molecule has 0 amide bonds. The van der Waals surface area contributed by atoms with Crippen LogP contribution in [0.1, 0.15) is 56.9 Å². The Balaban J connectivity index is 1.68. The first kappa shape index (κ1) is 21.1. The Morgan fingerprint density at radius 3 is 2.53 bits per heavy atom. The molecule has 2 aromatic rings. The molecule has 0 bridgehead atoms. The number of halogens is 2. The summed E-state index contributed by atoms with van der Waals surface area (Å²) in [6.07, 6.45) is 5.31. The highest BCUT2D eigenvalue weighted by Crippen LogP contribution is 2.38. The van der Waals surface area contributed by atoms with Crippen LogP contribution in [0.3, 0.4) is 0 Å². The largest absolute Gasteiger partial charge is 0.474 e. The lowest BCUT2D eigenvalue weighted by Gasteiger charge is -2.27. The van der Waals surface area contributed by atoms with Crippen molar-refractivity contribution in [2.24, 2.45) is 0 Å². The highest BCUT2D eigenvalue weighted by atomic mass is 19.3. The Labute approximate surface area is 174 Å². The molecule has 2 aliphatic rings. The van der Waals surface area contributed by atoms with Gasteiger partial charge in [-0.25, -0.2) is 23.7 Å². The van der Waals surface area contributed by atoms with Crippen molar-refractivity contribution in [1.82, 2.24) is 15.0 Å². The fraction of sp³-hybridized carbons (Fsp3) is 0.667. The summed E-state index contributed by atoms with van der Waals surface area (Å²) in [5.41, 5.74) is 1.62. The standard InChI is InChI=1S/C21H28F2N4O3/c1-12(19(22)23)26-21-25-11-17-18(27-21)16(13-2-4-14(28)5-3-13)10-24-20(17)30-15-6-8-29-9-7-15/h10-15,19,28H,2-9H2,1H3,(H,25,26,27)/t12-,13?,14?/m1/s1. The van der Waals surface area contributed by atoms with E-state index in [1.807, 2.05) is 0 Å². The van der Waals surface area contributed by atoms with Gasteiger partial charge >= 0.3 is 0 Å². The summed E-state index contributed by atoms with van der Waals surface area (Å²) >= 11 is 0. The van der Waals surface area contributed by atoms with Crippen LogP contribution in [0, 0.1) is 0 Å². The quantitative estimate of drug-likeness (QED) is 0.734. The van der Waals surface area contributed by atoms with E-state index in [0.717, 1.165) is 44.1 Å². The number of aliphatic hydroxyl groups is 1. The van der Waals surface area contributed by atoms with Crippen molar-refractivity contribution in [3.8, 4) is 5.88 Å². The molecule has 1 saturated carbocycles. The molecule has 164 valence electrons. The van der Waals surface area contributed by atoms with E-state index in [4.69, 9.17) is 9.47 Å². The SMILES string of the molecule is C[C@@H](Nc1ncc2c(OC3CCOCC3)ncc(C3CCC(O)CC3)c2n1)C(F)F. The van der Waals surface area contributed by atoms with Gasteiger partial charge in [-0.05, 0) is 38.5 Å². The van der Waals surface area contributed by atoms with E-state index in [2.05, 4.69) is 20.3 Å². The first-order chi connectivity index (χ1) is 14.5. The Kier molecular flexibility index (Phi) is 6.58. The summed E-state index contributed by atoms with van der Waals surface area (Å²) in [5, 5.41) is 13.2. The average Bonchev–Trinajstić information content (AvgIpc) is 2.75. The molecule has 2 aromatic heterocycles. The number of pyridine rings is 1. The predicted octanol–water partition coefficient (Wildman–Crippen LogP) is 3.67. The van der Waals surface area contributed by atoms with Crippen LogP contribution < -0.4 is 10.1 Å². The molecule has 4 rings (SSSR count). The van der Waals surface area contributed by atoms with E-state index >= 15 is 0 Å². The average molecular weight is 422 g/mol. The second-order valence-electron chi connectivity index (χ2n) is 8.18. The number of hydrogen-bond acceptors (Lipinski definition) is 7. The molecular weight excluding hydrogens is 394 g/mol. The number of nitrogens with one attached hydrogen (secondary N) is 1. The Bertz CT molecular complexity index is 856. The molecule has 0 aromatic carbocycles. The molecule has 1 saturated heterocycles. The number of fused-ring (bicyclic) bond motifs is 1. The van der Waals surface area contributed by atoms with E-state index in [1.165, 1.54) is 6.92 Å². The van der Waals surface area contributed by atoms with Crippen molar-refractivity contribution in [3.63, 3.8) is 0 Å². The minimum absolute atomic E-state index is 0.0155. The minimum atomic E-state index is -2.52. The Morgan fingerprint density at radius 2 is 1.83 bits per heavy atom. The maximum atomic E-state index is 13.0. The Morgan fingerprint density at radius 1 is 1.10 bits per heavy atom. The first-order valence-electron chi connectivity index (χ1n) is 10.6. The van der Waals surface area contributed by atoms with Gasteiger partial charge in [-0.2, -0.15) is 0 Å². The molecule has 30 heavy (non-hydrogen) atoms. The summed E-state index contributed by atoms with van der Waals surface area (Å²) < 4.78 is 37.5. The first-order valence-corrected chi connectivity index (χ1v) is 10.6. The summed E-state index contributed by atoms with van der Waals surface area (Å²) in [6, 6.07) is -1.06. The molecule has 1 aliphatic heterocycles. The fourth-order valence-corrected chi connectivity index (χ4v) is 4.08. The van der Waals surface area contributed by atoms with E-state index in [9.17, 15) is 13.9 Å². The van der Waals surface area contributed by atoms with Gasteiger partial charge in [0.05, 0.1) is 36.3 Å². The van der Waals surface area contributed by atoms with E-state index in [1.54, 1.807) is 12.4 Å². The van der Waals surface area contributed by atoms with Crippen molar-refractivity contribution >= 4 is 16.9 Å². The molecule has 0 unspecified atom stereocenters. The minimum Gasteiger partial charge on any atom is -0.474 e. The summed E-state index contributed by atoms with van der Waals surface area (Å²) in [5.74, 6) is 0.830. The molecule has 2 fully saturated rings. The summed E-state index contributed by atoms with van der Waals surface area (Å²) in [7, 11) is 0. The van der Waals surface area contributed by atoms with Crippen LogP contribution in [0.4, 0.5) is 14.7 Å². The van der Waals surface area contributed by atoms with Crippen LogP contribution in [0.2, 0.25) is 0 Å². The maximum Gasteiger partial charge on any atom is 0.258 e. The number of ether oxygens (including phenoxy) is 2. The van der Waals surface area contributed by atoms with Crippen molar-refractivity contribution in [2.45, 2.75) is 76.0 Å². The number of aliphatic hydroxyl groups excluding tert-OH is 1. The topological polar surface area (TPSA) is 89.4 Å². The molecule has 1 atom stereocenters. The number of alkyl halides is 2. The normalized spacial score (nSPS) is 24.2. The number of rotatable bonds is 6. The van der Waals surface area contributed by atoms with Crippen molar-refractivity contribution < 1.29 is 23.4 Å². The van der Waals surface area contributed by atoms with Gasteiger partial charge in [0, 0.05) is 30.8 Å². The highest BCUT2D eigenvalue weighted by Gasteiger charge is 2.26. The third kappa shape index (κ3) is 4.78. The number of hydrogen-bond donors (Lipinski definition) is 2. The summed E-state index contributed by atoms with van der Waals surface area (Å²) in [6.45, 7) is 2.70. The number of nitrogens with zero attached hydrogens (tertiary/aromatic N) is 3. The molecule has 0 spiro atoms. The second kappa shape index (κ2) is 9.34. The van der Waals surface area contributed by atoms with Crippen molar-refractivity contribution in [1.29, 1.82) is 0 Å². The Hall–Kier alpha value is -2.13. The van der Waals surface area contributed by atoms with Gasteiger partial charge in [0.25, 0.3) is 6.43 Å². The zero-order valence-electron chi connectivity index (χ0n) is 17.1. The molecule has 3 heterocycles. The van der Waals surface area contributed by atoms with Gasteiger partial charge in [-0.15, -0.1) is 0 Å². The van der Waals surface area contributed by atoms with Crippen LogP contribution in [0.25, 0.3) is 10.9 Å². The third-order valence-electron chi connectivity index (χ3n) is 5.93. The second-order valence-corrected chi connectivity index (χ2v) is 8.18. The van der Waals surface area contributed by atoms with Crippen LogP contribution >= 0.6 is 0 Å². The zero-order chi connectivity index (χ0) is 21.1. The maximum absolute atomic E-state index is 13.0. The lowest BCUT2D eigenvalue weighted by atomic mass is 9.83. The predicted molar refractivity (Wildman–Crippen MR) is 108 cm³/mol. The van der Waals surface area contributed by atoms with Gasteiger partial charge in [0.2, 0.25) is 11.8 Å². The van der Waals surface area contributed by atoms with Crippen LogP contribution in [-0.4, -0.2) is 57.9 Å². The van der Waals surface area contributed by atoms with E-state index in [0.29, 0.717) is 30.0 Å². The summed E-state index contributed by atoms with van der Waals surface area (Å²) in [4.78, 5) is 13.4. The van der Waals surface area contributed by atoms with Gasteiger partial charge in [-0.1, -0.05) is 0 Å². The zero-order valence-corrected chi connectivity index (χ0v) is 17.1. The lowest BCUT2D eigenvalue weighted by molar-refractivity contribution is 0.0244. The molecular formula is C21H28F2N4O3. The third-order valence-corrected chi connectivity index (χ3v) is 5.93. The monoisotopic (exact) mass is 422 g/mol. The lowest BCUT2D eigenvalue weighted by Crippen LogP contribution is -2.26. The number of aromatic nitrogens is 3. The van der Waals surface area contributed by atoms with Crippen molar-refractivity contribution in [2.75, 3.05) is 18.5 Å². The molecule has 1 aliphatic carbocycles. The van der Waals surface area contributed by atoms with Crippen molar-refractivity contribution in [3.05, 3.63) is 18.0 Å². The van der Waals surface area contributed by atoms with Crippen LogP contribution in [0.5, 0.6) is 5.88 Å². The smallest absolute Gasteiger partial charge is 0.258 e. The van der Waals surface area contributed by atoms with E-state index in [-0.39, 0.29) is 24.1 Å². The fourth-order valence-electron chi connectivity index (χ4n) is 4.08. The molecule has 9 heteroatoms. The molecule has 7 nitrogen and oxygen atoms in total. The van der Waals surface area contributed by atoms with Gasteiger partial charge < -0.3 is 19.9 Å². The highest BCUT2D eigenvalue weighted by molar-refractivity contribution is 5.86.